The van der Waals surface area contributed by atoms with Crippen LogP contribution in [0.5, 0.6) is 0 Å². The van der Waals surface area contributed by atoms with E-state index in [2.05, 4.69) is 9.82 Å². The Balaban J connectivity index is 2.23. The summed E-state index contributed by atoms with van der Waals surface area (Å²) >= 11 is 0. The molecular formula is C12H13N3O4S. The first-order valence-corrected chi connectivity index (χ1v) is 7.19. The molecule has 1 heterocycles. The Hall–Kier alpha value is -2.35. The molecular weight excluding hydrogens is 282 g/mol. The highest BCUT2D eigenvalue weighted by atomic mass is 32.2. The van der Waals surface area contributed by atoms with E-state index in [-0.39, 0.29) is 17.1 Å². The van der Waals surface area contributed by atoms with Crippen molar-refractivity contribution in [2.24, 2.45) is 0 Å². The van der Waals surface area contributed by atoms with Gasteiger partial charge in [0.25, 0.3) is 10.0 Å². The van der Waals surface area contributed by atoms with Crippen molar-refractivity contribution in [3.63, 3.8) is 0 Å². The van der Waals surface area contributed by atoms with E-state index in [0.717, 1.165) is 4.68 Å². The molecule has 0 saturated heterocycles. The topological polar surface area (TPSA) is 101 Å². The minimum atomic E-state index is -3.71. The molecule has 0 unspecified atom stereocenters. The summed E-state index contributed by atoms with van der Waals surface area (Å²) in [5.41, 5.74) is 0.840. The van der Waals surface area contributed by atoms with Crippen LogP contribution in [0.4, 0.5) is 5.69 Å². The van der Waals surface area contributed by atoms with E-state index >= 15 is 0 Å². The molecule has 0 aliphatic carbocycles. The fourth-order valence-electron chi connectivity index (χ4n) is 1.71. The van der Waals surface area contributed by atoms with Crippen LogP contribution in [0.2, 0.25) is 0 Å². The first kappa shape index (κ1) is 14.1. The molecule has 7 nitrogen and oxygen atoms in total. The molecule has 0 aliphatic heterocycles. The second kappa shape index (κ2) is 5.33. The van der Waals surface area contributed by atoms with Crippen molar-refractivity contribution in [2.75, 3.05) is 4.72 Å². The highest BCUT2D eigenvalue weighted by Crippen LogP contribution is 2.18. The van der Waals surface area contributed by atoms with Crippen LogP contribution < -0.4 is 4.72 Å². The maximum Gasteiger partial charge on any atom is 0.325 e. The van der Waals surface area contributed by atoms with Crippen LogP contribution in [0.25, 0.3) is 0 Å². The van der Waals surface area contributed by atoms with Crippen molar-refractivity contribution >= 4 is 21.7 Å². The molecule has 0 fully saturated rings. The van der Waals surface area contributed by atoms with Gasteiger partial charge in [-0.25, -0.2) is 8.42 Å². The van der Waals surface area contributed by atoms with Gasteiger partial charge in [-0.3, -0.25) is 14.2 Å². The Morgan fingerprint density at radius 1 is 1.40 bits per heavy atom. The molecule has 0 radical (unpaired) electrons. The molecule has 20 heavy (non-hydrogen) atoms. The van der Waals surface area contributed by atoms with Crippen LogP contribution in [0.1, 0.15) is 5.56 Å². The number of nitrogens with zero attached hydrogens (tertiary/aromatic N) is 2. The summed E-state index contributed by atoms with van der Waals surface area (Å²) in [5, 5.41) is 12.4. The summed E-state index contributed by atoms with van der Waals surface area (Å²) < 4.78 is 27.9. The predicted octanol–water partition coefficient (Wildman–Crippen LogP) is 1.08. The van der Waals surface area contributed by atoms with Gasteiger partial charge >= 0.3 is 5.97 Å². The third kappa shape index (κ3) is 3.15. The SMILES string of the molecule is Cc1ccccc1S(=O)(=O)Nc1cnn(CC(=O)O)c1. The number of aryl methyl sites for hydroxylation is 1. The number of benzene rings is 1. The second-order valence-electron chi connectivity index (χ2n) is 4.19. The van der Waals surface area contributed by atoms with Crippen LogP contribution in [-0.2, 0) is 21.4 Å². The van der Waals surface area contributed by atoms with Crippen LogP contribution in [0.3, 0.4) is 0 Å². The minimum Gasteiger partial charge on any atom is -0.480 e. The molecule has 0 spiro atoms. The van der Waals surface area contributed by atoms with E-state index in [9.17, 15) is 13.2 Å². The van der Waals surface area contributed by atoms with Gasteiger partial charge in [-0.05, 0) is 18.6 Å². The normalized spacial score (nSPS) is 11.2. The number of nitrogens with one attached hydrogen (secondary N) is 1. The van der Waals surface area contributed by atoms with E-state index < -0.39 is 16.0 Å². The maximum atomic E-state index is 12.2. The standard InChI is InChI=1S/C12H13N3O4S/c1-9-4-2-3-5-11(9)20(18,19)14-10-6-13-15(7-10)8-12(16)17/h2-7,14H,8H2,1H3,(H,16,17). The largest absolute Gasteiger partial charge is 0.480 e. The fourth-order valence-corrected chi connectivity index (χ4v) is 2.98. The van der Waals surface area contributed by atoms with E-state index in [1.807, 2.05) is 0 Å². The molecule has 0 bridgehead atoms. The number of carboxylic acid groups (broad SMARTS) is 1. The highest BCUT2D eigenvalue weighted by molar-refractivity contribution is 7.92. The second-order valence-corrected chi connectivity index (χ2v) is 5.84. The quantitative estimate of drug-likeness (QED) is 0.859. The number of hydrogen-bond acceptors (Lipinski definition) is 4. The molecule has 1 aromatic heterocycles. The minimum absolute atomic E-state index is 0.172. The smallest absolute Gasteiger partial charge is 0.325 e. The fraction of sp³-hybridized carbons (Fsp3) is 0.167. The van der Waals surface area contributed by atoms with Gasteiger partial charge in [0, 0.05) is 6.20 Å². The van der Waals surface area contributed by atoms with Gasteiger partial charge < -0.3 is 5.11 Å². The summed E-state index contributed by atoms with van der Waals surface area (Å²) in [4.78, 5) is 10.7. The van der Waals surface area contributed by atoms with Gasteiger partial charge in [0.1, 0.15) is 6.54 Å². The number of carbonyl (C=O) groups is 1. The average molecular weight is 295 g/mol. The summed E-state index contributed by atoms with van der Waals surface area (Å²) in [6.07, 6.45) is 2.59. The third-order valence-corrected chi connectivity index (χ3v) is 4.11. The summed E-state index contributed by atoms with van der Waals surface area (Å²) in [6.45, 7) is 1.37. The van der Waals surface area contributed by atoms with Crippen molar-refractivity contribution in [2.45, 2.75) is 18.4 Å². The number of aliphatic carboxylic acids is 1. The van der Waals surface area contributed by atoms with Gasteiger partial charge in [0.15, 0.2) is 0 Å². The Labute approximate surface area is 115 Å². The zero-order valence-electron chi connectivity index (χ0n) is 10.6. The molecule has 8 heteroatoms. The Morgan fingerprint density at radius 3 is 2.75 bits per heavy atom. The van der Waals surface area contributed by atoms with Crippen molar-refractivity contribution < 1.29 is 18.3 Å². The molecule has 2 aromatic rings. The lowest BCUT2D eigenvalue weighted by Gasteiger charge is -2.08. The molecule has 0 saturated carbocycles. The predicted molar refractivity (Wildman–Crippen MR) is 71.9 cm³/mol. The molecule has 0 aliphatic rings. The summed E-state index contributed by atoms with van der Waals surface area (Å²) in [7, 11) is -3.71. The van der Waals surface area contributed by atoms with E-state index in [0.29, 0.717) is 5.56 Å². The molecule has 0 amide bonds. The lowest BCUT2D eigenvalue weighted by Crippen LogP contribution is -2.14. The number of aromatic nitrogens is 2. The Bertz CT molecular complexity index is 737. The molecule has 2 rings (SSSR count). The molecule has 1 aromatic carbocycles. The first-order chi connectivity index (χ1) is 9.38. The van der Waals surface area contributed by atoms with Gasteiger partial charge in [-0.15, -0.1) is 0 Å². The van der Waals surface area contributed by atoms with Crippen molar-refractivity contribution in [3.05, 3.63) is 42.2 Å². The lowest BCUT2D eigenvalue weighted by molar-refractivity contribution is -0.137. The van der Waals surface area contributed by atoms with E-state index in [1.54, 1.807) is 25.1 Å². The Morgan fingerprint density at radius 2 is 2.10 bits per heavy atom. The van der Waals surface area contributed by atoms with Crippen LogP contribution in [0, 0.1) is 6.92 Å². The number of sulfonamides is 1. The van der Waals surface area contributed by atoms with Crippen molar-refractivity contribution in [1.82, 2.24) is 9.78 Å². The summed E-state index contributed by atoms with van der Waals surface area (Å²) in [5.74, 6) is -1.05. The van der Waals surface area contributed by atoms with Crippen molar-refractivity contribution in [3.8, 4) is 0 Å². The molecule has 0 atom stereocenters. The lowest BCUT2D eigenvalue weighted by atomic mass is 10.2. The molecule has 106 valence electrons. The third-order valence-electron chi connectivity index (χ3n) is 2.57. The van der Waals surface area contributed by atoms with Crippen LogP contribution >= 0.6 is 0 Å². The van der Waals surface area contributed by atoms with Crippen molar-refractivity contribution in [1.29, 1.82) is 0 Å². The maximum absolute atomic E-state index is 12.2. The van der Waals surface area contributed by atoms with Gasteiger partial charge in [0.05, 0.1) is 16.8 Å². The van der Waals surface area contributed by atoms with Gasteiger partial charge in [-0.1, -0.05) is 18.2 Å². The average Bonchev–Trinajstić information content (AvgIpc) is 2.75. The number of rotatable bonds is 5. The van der Waals surface area contributed by atoms with E-state index in [4.69, 9.17) is 5.11 Å². The Kier molecular flexibility index (Phi) is 3.75. The van der Waals surface area contributed by atoms with Crippen LogP contribution in [0.15, 0.2) is 41.6 Å². The highest BCUT2D eigenvalue weighted by Gasteiger charge is 2.17. The molecule has 2 N–H and O–H groups in total. The van der Waals surface area contributed by atoms with Gasteiger partial charge in [-0.2, -0.15) is 5.10 Å². The van der Waals surface area contributed by atoms with Crippen LogP contribution in [-0.4, -0.2) is 29.3 Å². The van der Waals surface area contributed by atoms with Gasteiger partial charge in [0.2, 0.25) is 0 Å². The number of carboxylic acids is 1. The van der Waals surface area contributed by atoms with E-state index in [1.165, 1.54) is 18.5 Å². The zero-order valence-corrected chi connectivity index (χ0v) is 11.5. The number of anilines is 1. The monoisotopic (exact) mass is 295 g/mol. The number of hydrogen-bond donors (Lipinski definition) is 2. The summed E-state index contributed by atoms with van der Waals surface area (Å²) in [6, 6.07) is 6.58. The zero-order chi connectivity index (χ0) is 14.8. The first-order valence-electron chi connectivity index (χ1n) is 5.71.